The van der Waals surface area contributed by atoms with Gasteiger partial charge in [0, 0.05) is 36.8 Å². The number of pyridine rings is 1. The van der Waals surface area contributed by atoms with E-state index in [1.807, 2.05) is 13.0 Å². The lowest BCUT2D eigenvalue weighted by molar-refractivity contribution is 0.409. The van der Waals surface area contributed by atoms with Crippen molar-refractivity contribution >= 4 is 27.9 Å². The number of nitrogens with zero attached hydrogens (tertiary/aromatic N) is 6. The lowest BCUT2D eigenvalue weighted by Crippen LogP contribution is -2.32. The van der Waals surface area contributed by atoms with Crippen LogP contribution in [0.5, 0.6) is 0 Å². The van der Waals surface area contributed by atoms with E-state index in [1.54, 1.807) is 30.8 Å². The zero-order valence-electron chi connectivity index (χ0n) is 19.1. The highest BCUT2D eigenvalue weighted by molar-refractivity contribution is 6.00. The molecule has 35 heavy (non-hydrogen) atoms. The SMILES string of the molecule is Cc1coc(C2(CN)C3CCN(c4cnc5c(-c6ccc(F)c7ncccc67)[nH]nc5n4)CC32)n1. The third-order valence-corrected chi connectivity index (χ3v) is 7.75. The molecule has 5 heterocycles. The van der Waals surface area contributed by atoms with Gasteiger partial charge in [-0.15, -0.1) is 0 Å². The standard InChI is InChI=1S/C25H23FN8O/c1-13-11-35-24(30-13)25(12-27)16-6-8-34(10-17(16)25)19-9-29-22-21(32-33-23(22)31-19)15-4-5-18(26)20-14(15)3-2-7-28-20/h2-5,7,9,11,16-17H,6,8,10,12,27H2,1H3,(H,31,32,33). The van der Waals surface area contributed by atoms with E-state index in [9.17, 15) is 4.39 Å². The molecule has 0 bridgehead atoms. The summed E-state index contributed by atoms with van der Waals surface area (Å²) in [5, 5.41) is 8.17. The number of aryl methyl sites for hydroxylation is 1. The van der Waals surface area contributed by atoms with Gasteiger partial charge >= 0.3 is 0 Å². The molecule has 3 unspecified atom stereocenters. The van der Waals surface area contributed by atoms with Crippen LogP contribution in [0.2, 0.25) is 0 Å². The van der Waals surface area contributed by atoms with Crippen LogP contribution in [0, 0.1) is 24.6 Å². The number of hydrogen-bond donors (Lipinski definition) is 2. The Hall–Kier alpha value is -3.92. The third kappa shape index (κ3) is 2.86. The Morgan fingerprint density at radius 3 is 2.94 bits per heavy atom. The molecule has 9 nitrogen and oxygen atoms in total. The van der Waals surface area contributed by atoms with Gasteiger partial charge in [-0.3, -0.25) is 10.1 Å². The first-order chi connectivity index (χ1) is 17.1. The Labute approximate surface area is 199 Å². The van der Waals surface area contributed by atoms with Crippen molar-refractivity contribution < 1.29 is 8.81 Å². The van der Waals surface area contributed by atoms with Crippen molar-refractivity contribution in [2.45, 2.75) is 18.8 Å². The average Bonchev–Trinajstić information content (AvgIpc) is 3.13. The Morgan fingerprint density at radius 1 is 1.20 bits per heavy atom. The van der Waals surface area contributed by atoms with Gasteiger partial charge in [-0.2, -0.15) is 5.10 Å². The Kier molecular flexibility index (Phi) is 4.26. The topological polar surface area (TPSA) is 123 Å². The summed E-state index contributed by atoms with van der Waals surface area (Å²) >= 11 is 0. The van der Waals surface area contributed by atoms with Crippen molar-refractivity contribution in [1.29, 1.82) is 0 Å². The molecule has 1 saturated carbocycles. The summed E-state index contributed by atoms with van der Waals surface area (Å²) in [7, 11) is 0. The molecule has 2 fully saturated rings. The monoisotopic (exact) mass is 470 g/mol. The summed E-state index contributed by atoms with van der Waals surface area (Å²) < 4.78 is 20.0. The summed E-state index contributed by atoms with van der Waals surface area (Å²) in [4.78, 5) is 20.5. The summed E-state index contributed by atoms with van der Waals surface area (Å²) in [5.74, 6) is 2.01. The van der Waals surface area contributed by atoms with Crippen LogP contribution in [0.1, 0.15) is 18.0 Å². The Balaban J connectivity index is 1.21. The van der Waals surface area contributed by atoms with Gasteiger partial charge in [-0.25, -0.2) is 19.3 Å². The quantitative estimate of drug-likeness (QED) is 0.410. The van der Waals surface area contributed by atoms with Crippen LogP contribution >= 0.6 is 0 Å². The van der Waals surface area contributed by atoms with Crippen LogP contribution in [0.25, 0.3) is 33.3 Å². The molecule has 0 spiro atoms. The van der Waals surface area contributed by atoms with Crippen molar-refractivity contribution in [3.05, 3.63) is 60.3 Å². The maximum absolute atomic E-state index is 14.3. The second-order valence-corrected chi connectivity index (χ2v) is 9.48. The molecule has 4 aromatic heterocycles. The van der Waals surface area contributed by atoms with Crippen molar-refractivity contribution in [3.8, 4) is 11.3 Å². The minimum Gasteiger partial charge on any atom is -0.448 e. The third-order valence-electron chi connectivity index (χ3n) is 7.75. The number of rotatable bonds is 4. The molecule has 3 atom stereocenters. The van der Waals surface area contributed by atoms with Gasteiger partial charge in [0.25, 0.3) is 0 Å². The van der Waals surface area contributed by atoms with Crippen molar-refractivity contribution in [2.75, 3.05) is 24.5 Å². The Morgan fingerprint density at radius 2 is 2.11 bits per heavy atom. The molecule has 0 radical (unpaired) electrons. The smallest absolute Gasteiger partial charge is 0.202 e. The molecule has 10 heteroatoms. The van der Waals surface area contributed by atoms with Gasteiger partial charge in [0.15, 0.2) is 0 Å². The van der Waals surface area contributed by atoms with E-state index in [1.165, 1.54) is 6.07 Å². The van der Waals surface area contributed by atoms with Gasteiger partial charge in [-0.05, 0) is 43.4 Å². The van der Waals surface area contributed by atoms with Gasteiger partial charge in [-0.1, -0.05) is 6.07 Å². The molecule has 3 N–H and O–H groups in total. The summed E-state index contributed by atoms with van der Waals surface area (Å²) in [6, 6.07) is 6.76. The number of hydrogen-bond acceptors (Lipinski definition) is 8. The molecule has 5 aromatic rings. The number of anilines is 1. The van der Waals surface area contributed by atoms with Gasteiger partial charge in [0.05, 0.1) is 23.0 Å². The van der Waals surface area contributed by atoms with Crippen LogP contribution in [-0.2, 0) is 5.41 Å². The fourth-order valence-corrected chi connectivity index (χ4v) is 5.94. The number of piperidine rings is 1. The molecule has 1 aromatic carbocycles. The highest BCUT2D eigenvalue weighted by atomic mass is 19.1. The predicted molar refractivity (Wildman–Crippen MR) is 128 cm³/mol. The molecule has 1 aliphatic heterocycles. The van der Waals surface area contributed by atoms with E-state index in [0.717, 1.165) is 42.5 Å². The Bertz CT molecular complexity index is 1600. The predicted octanol–water partition coefficient (Wildman–Crippen LogP) is 3.36. The van der Waals surface area contributed by atoms with E-state index in [2.05, 4.69) is 25.1 Å². The number of nitrogens with one attached hydrogen (secondary N) is 1. The highest BCUT2D eigenvalue weighted by Gasteiger charge is 2.68. The maximum Gasteiger partial charge on any atom is 0.202 e. The summed E-state index contributed by atoms with van der Waals surface area (Å²) in [6.45, 7) is 4.12. The van der Waals surface area contributed by atoms with Gasteiger partial charge < -0.3 is 15.1 Å². The molecule has 1 saturated heterocycles. The molecule has 2 aliphatic rings. The number of nitrogens with two attached hydrogens (primary N) is 1. The van der Waals surface area contributed by atoms with Crippen LogP contribution in [0.3, 0.4) is 0 Å². The number of aromatic nitrogens is 6. The molecule has 176 valence electrons. The number of H-pyrrole nitrogens is 1. The molecular formula is C25H23FN8O. The van der Waals surface area contributed by atoms with Crippen LogP contribution < -0.4 is 10.6 Å². The lowest BCUT2D eigenvalue weighted by Gasteiger charge is -2.26. The fraction of sp³-hybridized carbons (Fsp3) is 0.320. The minimum atomic E-state index is -0.363. The molecule has 1 aliphatic carbocycles. The van der Waals surface area contributed by atoms with Crippen molar-refractivity contribution in [1.82, 2.24) is 30.1 Å². The zero-order valence-corrected chi connectivity index (χ0v) is 19.1. The normalized spacial score (nSPS) is 23.7. The number of fused-ring (bicyclic) bond motifs is 3. The fourth-order valence-electron chi connectivity index (χ4n) is 5.94. The second-order valence-electron chi connectivity index (χ2n) is 9.48. The summed E-state index contributed by atoms with van der Waals surface area (Å²) in [6.07, 6.45) is 6.05. The number of benzene rings is 1. The largest absolute Gasteiger partial charge is 0.448 e. The maximum atomic E-state index is 14.3. The number of halogens is 1. The van der Waals surface area contributed by atoms with E-state index in [0.29, 0.717) is 46.1 Å². The van der Waals surface area contributed by atoms with E-state index >= 15 is 0 Å². The first-order valence-corrected chi connectivity index (χ1v) is 11.7. The minimum absolute atomic E-state index is 0.197. The first kappa shape index (κ1) is 20.5. The number of aromatic amines is 1. The first-order valence-electron chi connectivity index (χ1n) is 11.7. The van der Waals surface area contributed by atoms with Gasteiger partial charge in [0.1, 0.15) is 28.9 Å². The van der Waals surface area contributed by atoms with Crippen molar-refractivity contribution in [2.24, 2.45) is 17.6 Å². The molecular weight excluding hydrogens is 447 g/mol. The van der Waals surface area contributed by atoms with Crippen LogP contribution in [0.4, 0.5) is 10.2 Å². The zero-order chi connectivity index (χ0) is 23.7. The lowest BCUT2D eigenvalue weighted by atomic mass is 10.0. The number of oxazole rings is 1. The average molecular weight is 471 g/mol. The molecule has 0 amide bonds. The van der Waals surface area contributed by atoms with Gasteiger partial charge in [0.2, 0.25) is 11.5 Å². The molecule has 7 rings (SSSR count). The highest BCUT2D eigenvalue weighted by Crippen LogP contribution is 2.62. The second kappa shape index (κ2) is 7.29. The van der Waals surface area contributed by atoms with E-state index < -0.39 is 0 Å². The van der Waals surface area contributed by atoms with E-state index in [-0.39, 0.29) is 11.2 Å². The van der Waals surface area contributed by atoms with Crippen molar-refractivity contribution in [3.63, 3.8) is 0 Å². The summed E-state index contributed by atoms with van der Waals surface area (Å²) in [5.41, 5.74) is 9.88. The van der Waals surface area contributed by atoms with E-state index in [4.69, 9.17) is 20.1 Å². The van der Waals surface area contributed by atoms with Crippen LogP contribution in [-0.4, -0.2) is 49.8 Å². The van der Waals surface area contributed by atoms with Crippen LogP contribution in [0.15, 0.2) is 47.3 Å².